The van der Waals surface area contributed by atoms with E-state index in [1.54, 1.807) is 6.20 Å². The van der Waals surface area contributed by atoms with E-state index in [0.29, 0.717) is 5.69 Å². The van der Waals surface area contributed by atoms with E-state index in [1.807, 2.05) is 12.4 Å². The normalized spacial score (nSPS) is 15.2. The Morgan fingerprint density at radius 2 is 1.77 bits per heavy atom. The number of anilines is 2. The van der Waals surface area contributed by atoms with Crippen molar-refractivity contribution in [1.82, 2.24) is 20.2 Å². The van der Waals surface area contributed by atoms with Crippen LogP contribution in [0.3, 0.4) is 0 Å². The van der Waals surface area contributed by atoms with Crippen LogP contribution in [-0.4, -0.2) is 46.3 Å². The van der Waals surface area contributed by atoms with Crippen molar-refractivity contribution in [2.75, 3.05) is 36.0 Å². The van der Waals surface area contributed by atoms with Crippen LogP contribution >= 0.6 is 11.6 Å². The molecule has 0 aliphatic carbocycles. The summed E-state index contributed by atoms with van der Waals surface area (Å²) in [5, 5.41) is 6.33. The van der Waals surface area contributed by atoms with Gasteiger partial charge in [-0.15, -0.1) is 0 Å². The van der Waals surface area contributed by atoms with Gasteiger partial charge in [-0.2, -0.15) is 5.10 Å². The minimum atomic E-state index is -0.361. The number of aromatic amines is 1. The molecular weight excluding hydrogens is 304 g/mol. The van der Waals surface area contributed by atoms with E-state index in [9.17, 15) is 4.79 Å². The fourth-order valence-electron chi connectivity index (χ4n) is 2.44. The molecule has 1 aliphatic rings. The van der Waals surface area contributed by atoms with Crippen molar-refractivity contribution in [2.24, 2.45) is 0 Å². The molecule has 8 heteroatoms. The second kappa shape index (κ2) is 6.31. The van der Waals surface area contributed by atoms with Crippen molar-refractivity contribution in [3.05, 3.63) is 39.5 Å². The summed E-state index contributed by atoms with van der Waals surface area (Å²) in [6.07, 6.45) is 6.26. The molecular formula is C14H17ClN6O. The monoisotopic (exact) mass is 320 g/mol. The van der Waals surface area contributed by atoms with Gasteiger partial charge in [-0.25, -0.2) is 15.1 Å². The standard InChI is InChI=1S/C14H17ClN6O/c1-2-10-7-16-14(17-8-10)21-5-3-20(4-6-21)11-9-18-19-13(22)12(11)15/h7-9H,2-6H2,1H3,(H,19,22). The molecule has 116 valence electrons. The zero-order valence-corrected chi connectivity index (χ0v) is 13.0. The highest BCUT2D eigenvalue weighted by molar-refractivity contribution is 6.33. The molecule has 1 N–H and O–H groups in total. The number of hydrogen-bond acceptors (Lipinski definition) is 6. The van der Waals surface area contributed by atoms with E-state index >= 15 is 0 Å². The van der Waals surface area contributed by atoms with Crippen LogP contribution in [0.1, 0.15) is 12.5 Å². The molecule has 0 amide bonds. The summed E-state index contributed by atoms with van der Waals surface area (Å²) >= 11 is 6.05. The van der Waals surface area contributed by atoms with Gasteiger partial charge in [0.05, 0.1) is 11.9 Å². The summed E-state index contributed by atoms with van der Waals surface area (Å²) in [4.78, 5) is 24.5. The van der Waals surface area contributed by atoms with Crippen LogP contribution in [0.4, 0.5) is 11.6 Å². The molecule has 0 saturated carbocycles. The molecule has 1 fully saturated rings. The van der Waals surface area contributed by atoms with Gasteiger partial charge in [-0.1, -0.05) is 18.5 Å². The quantitative estimate of drug-likeness (QED) is 0.912. The van der Waals surface area contributed by atoms with E-state index in [2.05, 4.69) is 36.9 Å². The van der Waals surface area contributed by atoms with Crippen LogP contribution in [0, 0.1) is 0 Å². The molecule has 1 aliphatic heterocycles. The van der Waals surface area contributed by atoms with Crippen molar-refractivity contribution in [3.8, 4) is 0 Å². The van der Waals surface area contributed by atoms with Crippen LogP contribution in [0.15, 0.2) is 23.4 Å². The van der Waals surface area contributed by atoms with Crippen LogP contribution in [0.5, 0.6) is 0 Å². The summed E-state index contributed by atoms with van der Waals surface area (Å²) in [5.41, 5.74) is 1.44. The molecule has 3 heterocycles. The van der Waals surface area contributed by atoms with Crippen LogP contribution < -0.4 is 15.4 Å². The Bertz CT molecular complexity index is 693. The minimum absolute atomic E-state index is 0.187. The second-order valence-electron chi connectivity index (χ2n) is 5.12. The molecule has 3 rings (SSSR count). The van der Waals surface area contributed by atoms with Gasteiger partial charge >= 0.3 is 0 Å². The summed E-state index contributed by atoms with van der Waals surface area (Å²) in [5.74, 6) is 0.743. The fourth-order valence-corrected chi connectivity index (χ4v) is 2.65. The molecule has 2 aromatic heterocycles. The maximum Gasteiger partial charge on any atom is 0.285 e. The lowest BCUT2D eigenvalue weighted by atomic mass is 10.2. The van der Waals surface area contributed by atoms with Crippen LogP contribution in [0.25, 0.3) is 0 Å². The summed E-state index contributed by atoms with van der Waals surface area (Å²) in [7, 11) is 0. The van der Waals surface area contributed by atoms with Crippen LogP contribution in [0.2, 0.25) is 5.02 Å². The molecule has 0 aromatic carbocycles. The van der Waals surface area contributed by atoms with Gasteiger partial charge in [0, 0.05) is 38.6 Å². The molecule has 1 saturated heterocycles. The Morgan fingerprint density at radius 3 is 2.41 bits per heavy atom. The summed E-state index contributed by atoms with van der Waals surface area (Å²) < 4.78 is 0. The summed E-state index contributed by atoms with van der Waals surface area (Å²) in [6.45, 7) is 5.10. The minimum Gasteiger partial charge on any atom is -0.365 e. The first-order valence-corrected chi connectivity index (χ1v) is 7.61. The smallest absolute Gasteiger partial charge is 0.285 e. The third-order valence-corrected chi connectivity index (χ3v) is 4.15. The SMILES string of the molecule is CCc1cnc(N2CCN(c3cn[nH]c(=O)c3Cl)CC2)nc1. The van der Waals surface area contributed by atoms with Crippen LogP contribution in [-0.2, 0) is 6.42 Å². The third-order valence-electron chi connectivity index (χ3n) is 3.78. The zero-order valence-electron chi connectivity index (χ0n) is 12.3. The predicted molar refractivity (Wildman–Crippen MR) is 85.7 cm³/mol. The molecule has 0 radical (unpaired) electrons. The van der Waals surface area contributed by atoms with Gasteiger partial charge in [-0.3, -0.25) is 4.79 Å². The van der Waals surface area contributed by atoms with E-state index in [0.717, 1.165) is 44.1 Å². The van der Waals surface area contributed by atoms with Crippen molar-refractivity contribution < 1.29 is 0 Å². The lowest BCUT2D eigenvalue weighted by Gasteiger charge is -2.36. The van der Waals surface area contributed by atoms with E-state index in [1.165, 1.54) is 0 Å². The number of piperazine rings is 1. The van der Waals surface area contributed by atoms with Crippen molar-refractivity contribution >= 4 is 23.2 Å². The molecule has 0 bridgehead atoms. The number of nitrogens with one attached hydrogen (secondary N) is 1. The highest BCUT2D eigenvalue weighted by atomic mass is 35.5. The Labute approximate surface area is 133 Å². The average Bonchev–Trinajstić information content (AvgIpc) is 2.58. The molecule has 2 aromatic rings. The lowest BCUT2D eigenvalue weighted by molar-refractivity contribution is 0.637. The third kappa shape index (κ3) is 2.89. The first-order valence-electron chi connectivity index (χ1n) is 7.23. The van der Waals surface area contributed by atoms with Gasteiger partial charge in [0.25, 0.3) is 5.56 Å². The molecule has 22 heavy (non-hydrogen) atoms. The Hall–Kier alpha value is -2.15. The molecule has 7 nitrogen and oxygen atoms in total. The number of hydrogen-bond donors (Lipinski definition) is 1. The number of aromatic nitrogens is 4. The average molecular weight is 321 g/mol. The maximum atomic E-state index is 11.5. The topological polar surface area (TPSA) is 78.0 Å². The van der Waals surface area contributed by atoms with E-state index < -0.39 is 0 Å². The zero-order chi connectivity index (χ0) is 15.5. The molecule has 0 atom stereocenters. The van der Waals surface area contributed by atoms with Gasteiger partial charge in [0.15, 0.2) is 0 Å². The van der Waals surface area contributed by atoms with Crippen molar-refractivity contribution in [2.45, 2.75) is 13.3 Å². The van der Waals surface area contributed by atoms with Gasteiger partial charge in [0.2, 0.25) is 5.95 Å². The number of aryl methyl sites for hydroxylation is 1. The first kappa shape index (κ1) is 14.8. The Kier molecular flexibility index (Phi) is 4.24. The number of H-pyrrole nitrogens is 1. The lowest BCUT2D eigenvalue weighted by Crippen LogP contribution is -2.47. The maximum absolute atomic E-state index is 11.5. The fraction of sp³-hybridized carbons (Fsp3) is 0.429. The van der Waals surface area contributed by atoms with Crippen molar-refractivity contribution in [1.29, 1.82) is 0 Å². The first-order chi connectivity index (χ1) is 10.7. The number of nitrogens with zero attached hydrogens (tertiary/aromatic N) is 5. The van der Waals surface area contributed by atoms with Gasteiger partial charge in [0.1, 0.15) is 5.02 Å². The predicted octanol–water partition coefficient (Wildman–Crippen LogP) is 1.10. The van der Waals surface area contributed by atoms with E-state index in [4.69, 9.17) is 11.6 Å². The van der Waals surface area contributed by atoms with Gasteiger partial charge < -0.3 is 9.80 Å². The molecule has 0 unspecified atom stereocenters. The Morgan fingerprint density at radius 1 is 1.14 bits per heavy atom. The number of halogens is 1. The summed E-state index contributed by atoms with van der Waals surface area (Å²) in [6, 6.07) is 0. The van der Waals surface area contributed by atoms with Gasteiger partial charge in [-0.05, 0) is 12.0 Å². The Balaban J connectivity index is 1.69. The highest BCUT2D eigenvalue weighted by Gasteiger charge is 2.21. The highest BCUT2D eigenvalue weighted by Crippen LogP contribution is 2.22. The number of rotatable bonds is 3. The largest absolute Gasteiger partial charge is 0.365 e. The van der Waals surface area contributed by atoms with Crippen molar-refractivity contribution in [3.63, 3.8) is 0 Å². The second-order valence-corrected chi connectivity index (χ2v) is 5.50. The molecule has 0 spiro atoms. The van der Waals surface area contributed by atoms with E-state index in [-0.39, 0.29) is 10.6 Å².